The molecule has 0 spiro atoms. The van der Waals surface area contributed by atoms with Gasteiger partial charge in [0.15, 0.2) is 0 Å². The normalized spacial score (nSPS) is 23.4. The van der Waals surface area contributed by atoms with E-state index in [-0.39, 0.29) is 17.9 Å². The highest BCUT2D eigenvalue weighted by atomic mass is 16.6. The number of nitrogens with one attached hydrogen (secondary N) is 1. The number of likely N-dealkylation sites (tertiary alicyclic amines) is 1. The molecule has 5 nitrogen and oxygen atoms in total. The molecule has 1 saturated carbocycles. The molecule has 1 aliphatic heterocycles. The van der Waals surface area contributed by atoms with Crippen LogP contribution in [0.1, 0.15) is 65.7 Å². The van der Waals surface area contributed by atoms with Gasteiger partial charge in [-0.2, -0.15) is 0 Å². The molecule has 2 aliphatic rings. The first-order chi connectivity index (χ1) is 10.8. The Morgan fingerprint density at radius 3 is 2.57 bits per heavy atom. The van der Waals surface area contributed by atoms with Crippen LogP contribution in [-0.4, -0.2) is 41.6 Å². The largest absolute Gasteiger partial charge is 0.444 e. The van der Waals surface area contributed by atoms with Crippen molar-refractivity contribution in [1.29, 1.82) is 0 Å². The zero-order valence-corrected chi connectivity index (χ0v) is 14.8. The van der Waals surface area contributed by atoms with Gasteiger partial charge in [-0.1, -0.05) is 0 Å². The average Bonchev–Trinajstić information content (AvgIpc) is 2.46. The number of carbonyl (C=O) groups is 2. The first kappa shape index (κ1) is 18.1. The number of nitrogens with zero attached hydrogens (tertiary/aromatic N) is 1. The van der Waals surface area contributed by atoms with Gasteiger partial charge in [0.25, 0.3) is 0 Å². The minimum absolute atomic E-state index is 0.132. The lowest BCUT2D eigenvalue weighted by molar-refractivity contribution is -0.123. The van der Waals surface area contributed by atoms with Gasteiger partial charge in [0.05, 0.1) is 0 Å². The Labute approximate surface area is 140 Å². The van der Waals surface area contributed by atoms with E-state index >= 15 is 0 Å². The number of rotatable bonds is 3. The van der Waals surface area contributed by atoms with E-state index in [1.54, 1.807) is 4.90 Å². The molecule has 2 fully saturated rings. The molecule has 2 amide bonds. The smallest absolute Gasteiger partial charge is 0.410 e. The molecular weight excluding hydrogens is 292 g/mol. The highest BCUT2D eigenvalue weighted by Crippen LogP contribution is 2.22. The predicted octanol–water partition coefficient (Wildman–Crippen LogP) is 3.29. The minimum atomic E-state index is -0.473. The first-order valence-corrected chi connectivity index (χ1v) is 8.92. The van der Waals surface area contributed by atoms with E-state index < -0.39 is 5.60 Å². The van der Waals surface area contributed by atoms with Crippen molar-refractivity contribution in [2.24, 2.45) is 5.92 Å². The number of carbonyl (C=O) groups excluding carboxylic acids is 2. The molecule has 1 aliphatic carbocycles. The van der Waals surface area contributed by atoms with Gasteiger partial charge in [0.2, 0.25) is 5.91 Å². The number of ether oxygens (including phenoxy) is 1. The summed E-state index contributed by atoms with van der Waals surface area (Å²) in [7, 11) is 0. The van der Waals surface area contributed by atoms with Crippen molar-refractivity contribution in [3.63, 3.8) is 0 Å². The molecule has 0 aromatic carbocycles. The summed E-state index contributed by atoms with van der Waals surface area (Å²) in [5, 5.41) is 3.15. The molecule has 23 heavy (non-hydrogen) atoms. The number of hydrogen-bond donors (Lipinski definition) is 1. The van der Waals surface area contributed by atoms with Gasteiger partial charge in [-0.15, -0.1) is 0 Å². The van der Waals surface area contributed by atoms with Crippen LogP contribution in [0.15, 0.2) is 0 Å². The van der Waals surface area contributed by atoms with Crippen LogP contribution in [0, 0.1) is 12.3 Å². The molecule has 1 N–H and O–H groups in total. The van der Waals surface area contributed by atoms with Crippen molar-refractivity contribution < 1.29 is 14.3 Å². The minimum Gasteiger partial charge on any atom is -0.444 e. The molecule has 2 rings (SSSR count). The summed E-state index contributed by atoms with van der Waals surface area (Å²) in [6.45, 7) is 6.98. The fraction of sp³-hybridized carbons (Fsp3) is 0.833. The molecular formula is C18H31N2O3. The van der Waals surface area contributed by atoms with Crippen LogP contribution in [0.25, 0.3) is 0 Å². The van der Waals surface area contributed by atoms with Gasteiger partial charge < -0.3 is 15.0 Å². The molecule has 1 atom stereocenters. The molecule has 0 aromatic rings. The summed E-state index contributed by atoms with van der Waals surface area (Å²) in [6.07, 6.45) is 8.80. The highest BCUT2D eigenvalue weighted by Gasteiger charge is 2.29. The molecule has 1 saturated heterocycles. The van der Waals surface area contributed by atoms with Crippen molar-refractivity contribution in [3.05, 3.63) is 6.42 Å². The van der Waals surface area contributed by atoms with Gasteiger partial charge in [-0.3, -0.25) is 4.79 Å². The summed E-state index contributed by atoms with van der Waals surface area (Å²) in [5.41, 5.74) is -0.473. The standard InChI is InChI=1S/C18H31N2O3/c1-18(2,3)23-17(22)20-11-7-8-14(13-20)12-16(21)19-15-9-5-4-6-10-15/h4,14-15H,5-13H2,1-3H3,(H,19,21). The van der Waals surface area contributed by atoms with Crippen LogP contribution in [0.5, 0.6) is 0 Å². The van der Waals surface area contributed by atoms with E-state index in [1.165, 1.54) is 0 Å². The van der Waals surface area contributed by atoms with Gasteiger partial charge in [-0.05, 0) is 71.6 Å². The summed E-state index contributed by atoms with van der Waals surface area (Å²) < 4.78 is 5.43. The second-order valence-electron chi connectivity index (χ2n) is 7.85. The Kier molecular flexibility index (Phi) is 6.31. The van der Waals surface area contributed by atoms with Crippen molar-refractivity contribution >= 4 is 12.0 Å². The predicted molar refractivity (Wildman–Crippen MR) is 89.8 cm³/mol. The third-order valence-electron chi connectivity index (χ3n) is 4.45. The molecule has 131 valence electrons. The fourth-order valence-corrected chi connectivity index (χ4v) is 3.34. The van der Waals surface area contributed by atoms with Crippen LogP contribution in [0.2, 0.25) is 0 Å². The van der Waals surface area contributed by atoms with E-state index in [0.29, 0.717) is 19.0 Å². The topological polar surface area (TPSA) is 58.6 Å². The van der Waals surface area contributed by atoms with Crippen LogP contribution < -0.4 is 5.32 Å². The Morgan fingerprint density at radius 2 is 1.91 bits per heavy atom. The molecule has 0 aromatic heterocycles. The summed E-state index contributed by atoms with van der Waals surface area (Å²) >= 11 is 0. The lowest BCUT2D eigenvalue weighted by Crippen LogP contribution is -2.44. The summed E-state index contributed by atoms with van der Waals surface area (Å²) in [5.74, 6) is 0.374. The quantitative estimate of drug-likeness (QED) is 0.867. The van der Waals surface area contributed by atoms with Crippen molar-refractivity contribution in [1.82, 2.24) is 10.2 Å². The summed E-state index contributed by atoms with van der Waals surface area (Å²) in [6, 6.07) is 0.332. The van der Waals surface area contributed by atoms with E-state index in [9.17, 15) is 9.59 Å². The van der Waals surface area contributed by atoms with Gasteiger partial charge in [0, 0.05) is 25.6 Å². The number of piperidine rings is 1. The van der Waals surface area contributed by atoms with E-state index in [4.69, 9.17) is 4.74 Å². The van der Waals surface area contributed by atoms with Gasteiger partial charge in [-0.25, -0.2) is 4.79 Å². The maximum absolute atomic E-state index is 12.2. The number of hydrogen-bond acceptors (Lipinski definition) is 3. The van der Waals surface area contributed by atoms with Crippen LogP contribution in [-0.2, 0) is 9.53 Å². The highest BCUT2D eigenvalue weighted by molar-refractivity contribution is 5.76. The SMILES string of the molecule is CC(C)(C)OC(=O)N1CCCC(CC(=O)NC2CC[CH]CC2)C1. The lowest BCUT2D eigenvalue weighted by atomic mass is 9.93. The molecule has 0 bridgehead atoms. The third-order valence-corrected chi connectivity index (χ3v) is 4.45. The van der Waals surface area contributed by atoms with Crippen LogP contribution in [0.3, 0.4) is 0 Å². The molecule has 1 unspecified atom stereocenters. The van der Waals surface area contributed by atoms with Crippen molar-refractivity contribution in [2.45, 2.75) is 77.4 Å². The number of amides is 2. The first-order valence-electron chi connectivity index (χ1n) is 8.92. The van der Waals surface area contributed by atoms with Crippen molar-refractivity contribution in [2.75, 3.05) is 13.1 Å². The molecule has 1 radical (unpaired) electrons. The van der Waals surface area contributed by atoms with Crippen LogP contribution >= 0.6 is 0 Å². The summed E-state index contributed by atoms with van der Waals surface area (Å²) in [4.78, 5) is 26.1. The van der Waals surface area contributed by atoms with Crippen molar-refractivity contribution in [3.8, 4) is 0 Å². The molecule has 1 heterocycles. The second-order valence-corrected chi connectivity index (χ2v) is 7.85. The lowest BCUT2D eigenvalue weighted by Gasteiger charge is -2.34. The Bertz CT molecular complexity index is 411. The van der Waals surface area contributed by atoms with E-state index in [0.717, 1.165) is 45.1 Å². The molecule has 5 heteroatoms. The third kappa shape index (κ3) is 6.40. The van der Waals surface area contributed by atoms with Gasteiger partial charge in [0.1, 0.15) is 5.60 Å². The van der Waals surface area contributed by atoms with E-state index in [2.05, 4.69) is 11.7 Å². The Hall–Kier alpha value is -1.26. The zero-order chi connectivity index (χ0) is 16.9. The van der Waals surface area contributed by atoms with Gasteiger partial charge >= 0.3 is 6.09 Å². The Morgan fingerprint density at radius 1 is 1.22 bits per heavy atom. The maximum Gasteiger partial charge on any atom is 0.410 e. The second kappa shape index (κ2) is 8.02. The van der Waals surface area contributed by atoms with Crippen LogP contribution in [0.4, 0.5) is 4.79 Å². The zero-order valence-electron chi connectivity index (χ0n) is 14.8. The maximum atomic E-state index is 12.2. The Balaban J connectivity index is 1.76. The monoisotopic (exact) mass is 323 g/mol. The average molecular weight is 323 g/mol. The van der Waals surface area contributed by atoms with E-state index in [1.807, 2.05) is 20.8 Å². The fourth-order valence-electron chi connectivity index (χ4n) is 3.34.